The Morgan fingerprint density at radius 2 is 1.81 bits per heavy atom. The lowest BCUT2D eigenvalue weighted by atomic mass is 10.0. The van der Waals surface area contributed by atoms with Gasteiger partial charge in [-0.25, -0.2) is 4.39 Å². The van der Waals surface area contributed by atoms with Gasteiger partial charge in [-0.2, -0.15) is 0 Å². The van der Waals surface area contributed by atoms with Gasteiger partial charge in [0.1, 0.15) is 10.8 Å². The molecule has 5 nitrogen and oxygen atoms in total. The van der Waals surface area contributed by atoms with Gasteiger partial charge in [0, 0.05) is 20.1 Å². The van der Waals surface area contributed by atoms with Crippen LogP contribution in [-0.2, 0) is 4.79 Å². The number of rotatable bonds is 6. The van der Waals surface area contributed by atoms with Gasteiger partial charge in [-0.15, -0.1) is 0 Å². The highest BCUT2D eigenvalue weighted by atomic mass is 79.9. The van der Waals surface area contributed by atoms with Gasteiger partial charge in [0.05, 0.1) is 22.4 Å². The van der Waals surface area contributed by atoms with E-state index in [0.717, 1.165) is 0 Å². The van der Waals surface area contributed by atoms with Crippen LogP contribution in [-0.4, -0.2) is 23.8 Å². The number of nitrogens with two attached hydrogens (primary N) is 1. The summed E-state index contributed by atoms with van der Waals surface area (Å²) in [7, 11) is 0. The molecule has 0 radical (unpaired) electrons. The van der Waals surface area contributed by atoms with E-state index in [1.807, 2.05) is 0 Å². The molecule has 186 valence electrons. The minimum Gasteiger partial charge on any atom is -0.483 e. The second-order valence-electron chi connectivity index (χ2n) is 8.22. The molecule has 36 heavy (non-hydrogen) atoms. The number of carbonyl (C=O) groups excluding carboxylic acids is 2. The van der Waals surface area contributed by atoms with Crippen molar-refractivity contribution in [1.29, 1.82) is 0 Å². The lowest BCUT2D eigenvalue weighted by molar-refractivity contribution is -0.118. The molecule has 1 amide bonds. The van der Waals surface area contributed by atoms with Gasteiger partial charge >= 0.3 is 0 Å². The molecule has 0 atom stereocenters. The third kappa shape index (κ3) is 7.45. The fraction of sp³-hybridized carbons (Fsp3) is 0.154. The van der Waals surface area contributed by atoms with Gasteiger partial charge in [-0.1, -0.05) is 62.6 Å². The van der Waals surface area contributed by atoms with E-state index >= 15 is 0 Å². The normalized spacial score (nSPS) is 10.9. The summed E-state index contributed by atoms with van der Waals surface area (Å²) in [5, 5.41) is 2.85. The Labute approximate surface area is 231 Å². The van der Waals surface area contributed by atoms with Crippen LogP contribution in [0.4, 0.5) is 10.1 Å². The highest BCUT2D eigenvalue weighted by Gasteiger charge is 2.19. The average molecular weight is 613 g/mol. The van der Waals surface area contributed by atoms with Crippen molar-refractivity contribution in [3.8, 4) is 17.6 Å². The second kappa shape index (κ2) is 11.6. The molecule has 3 aromatic rings. The maximum atomic E-state index is 14.6. The van der Waals surface area contributed by atoms with Crippen LogP contribution in [0.3, 0.4) is 0 Å². The van der Waals surface area contributed by atoms with E-state index in [2.05, 4.69) is 33.1 Å². The van der Waals surface area contributed by atoms with E-state index in [4.69, 9.17) is 45.3 Å². The zero-order valence-electron chi connectivity index (χ0n) is 19.0. The zero-order chi connectivity index (χ0) is 26.6. The van der Waals surface area contributed by atoms with Crippen molar-refractivity contribution in [1.82, 2.24) is 0 Å². The van der Waals surface area contributed by atoms with Crippen molar-refractivity contribution < 1.29 is 18.7 Å². The largest absolute Gasteiger partial charge is 0.483 e. The maximum Gasteiger partial charge on any atom is 0.262 e. The predicted octanol–water partition coefficient (Wildman–Crippen LogP) is 6.89. The van der Waals surface area contributed by atoms with Gasteiger partial charge in [-0.05, 0) is 62.4 Å². The van der Waals surface area contributed by atoms with Crippen LogP contribution >= 0.6 is 50.7 Å². The van der Waals surface area contributed by atoms with Gasteiger partial charge < -0.3 is 15.8 Å². The fourth-order valence-electron chi connectivity index (χ4n) is 2.95. The molecule has 0 fully saturated rings. The molecule has 0 spiro atoms. The van der Waals surface area contributed by atoms with E-state index in [0.29, 0.717) is 20.1 Å². The first-order valence-corrected chi connectivity index (χ1v) is 12.3. The SMILES string of the molecule is CC(C)(N)C#Cc1ccc(NC(=O)COc2ccc(Cl)cc2C(=O)c2cc(Cl)cc(Br)c2)c(Cl)c1F. The van der Waals surface area contributed by atoms with Crippen LogP contribution in [0, 0.1) is 17.7 Å². The number of carbonyl (C=O) groups is 2. The minimum atomic E-state index is -0.811. The summed E-state index contributed by atoms with van der Waals surface area (Å²) in [4.78, 5) is 25.6. The van der Waals surface area contributed by atoms with Gasteiger partial charge in [0.15, 0.2) is 18.2 Å². The van der Waals surface area contributed by atoms with Crippen molar-refractivity contribution in [2.24, 2.45) is 5.73 Å². The molecular weight excluding hydrogens is 594 g/mol. The first-order valence-electron chi connectivity index (χ1n) is 10.4. The van der Waals surface area contributed by atoms with Gasteiger partial charge in [0.25, 0.3) is 5.91 Å². The van der Waals surface area contributed by atoms with Crippen LogP contribution in [0.5, 0.6) is 5.75 Å². The fourth-order valence-corrected chi connectivity index (χ4v) is 4.19. The summed E-state index contributed by atoms with van der Waals surface area (Å²) < 4.78 is 20.8. The van der Waals surface area contributed by atoms with Crippen LogP contribution < -0.4 is 15.8 Å². The van der Waals surface area contributed by atoms with E-state index < -0.39 is 29.7 Å². The van der Waals surface area contributed by atoms with Gasteiger partial charge in [0.2, 0.25) is 0 Å². The van der Waals surface area contributed by atoms with Crippen molar-refractivity contribution in [2.75, 3.05) is 11.9 Å². The predicted molar refractivity (Wildman–Crippen MR) is 145 cm³/mol. The lowest BCUT2D eigenvalue weighted by Gasteiger charge is -2.13. The molecule has 0 saturated carbocycles. The smallest absolute Gasteiger partial charge is 0.262 e. The molecule has 3 N–H and O–H groups in total. The average Bonchev–Trinajstić information content (AvgIpc) is 2.79. The summed E-state index contributed by atoms with van der Waals surface area (Å²) in [5.74, 6) is 3.66. The maximum absolute atomic E-state index is 14.6. The van der Waals surface area contributed by atoms with Crippen molar-refractivity contribution in [3.63, 3.8) is 0 Å². The van der Waals surface area contributed by atoms with Crippen LogP contribution in [0.2, 0.25) is 15.1 Å². The van der Waals surface area contributed by atoms with Crippen LogP contribution in [0.1, 0.15) is 35.3 Å². The Morgan fingerprint density at radius 1 is 1.08 bits per heavy atom. The van der Waals surface area contributed by atoms with Crippen molar-refractivity contribution in [2.45, 2.75) is 19.4 Å². The van der Waals surface area contributed by atoms with E-state index in [-0.39, 0.29) is 27.6 Å². The number of hydrogen-bond acceptors (Lipinski definition) is 4. The third-order valence-electron chi connectivity index (χ3n) is 4.55. The summed E-state index contributed by atoms with van der Waals surface area (Å²) in [5.41, 5.74) is 5.51. The Hall–Kier alpha value is -2.60. The summed E-state index contributed by atoms with van der Waals surface area (Å²) in [6.07, 6.45) is 0. The molecule has 0 unspecified atom stereocenters. The first kappa shape index (κ1) is 28.0. The number of amides is 1. The molecule has 0 aromatic heterocycles. The highest BCUT2D eigenvalue weighted by molar-refractivity contribution is 9.10. The van der Waals surface area contributed by atoms with Crippen molar-refractivity contribution >= 4 is 68.1 Å². The highest BCUT2D eigenvalue weighted by Crippen LogP contribution is 2.29. The first-order chi connectivity index (χ1) is 16.8. The summed E-state index contributed by atoms with van der Waals surface area (Å²) in [6, 6.07) is 12.0. The molecule has 3 aromatic carbocycles. The Morgan fingerprint density at radius 3 is 2.47 bits per heavy atom. The zero-order valence-corrected chi connectivity index (χ0v) is 22.9. The van der Waals surface area contributed by atoms with Crippen molar-refractivity contribution in [3.05, 3.63) is 90.6 Å². The summed E-state index contributed by atoms with van der Waals surface area (Å²) >= 11 is 21.5. The van der Waals surface area contributed by atoms with Crippen LogP contribution in [0.25, 0.3) is 0 Å². The van der Waals surface area contributed by atoms with E-state index in [1.54, 1.807) is 26.0 Å². The number of ketones is 1. The molecular formula is C26H19BrCl3FN2O3. The number of nitrogens with one attached hydrogen (secondary N) is 1. The topological polar surface area (TPSA) is 81.4 Å². The molecule has 0 bridgehead atoms. The monoisotopic (exact) mass is 610 g/mol. The number of anilines is 1. The Bertz CT molecular complexity index is 1390. The number of ether oxygens (including phenoxy) is 1. The lowest BCUT2D eigenvalue weighted by Crippen LogP contribution is -2.29. The van der Waals surface area contributed by atoms with Gasteiger partial charge in [-0.3, -0.25) is 9.59 Å². The van der Waals surface area contributed by atoms with E-state index in [1.165, 1.54) is 36.4 Å². The molecule has 0 aliphatic carbocycles. The molecule has 3 rings (SSSR count). The molecule has 0 aliphatic rings. The minimum absolute atomic E-state index is 0.0384. The Balaban J connectivity index is 1.76. The third-order valence-corrected chi connectivity index (χ3v) is 5.83. The second-order valence-corrected chi connectivity index (χ2v) is 10.4. The quantitative estimate of drug-likeness (QED) is 0.235. The molecule has 0 saturated heterocycles. The standard InChI is InChI=1S/C26H19BrCl3FN2O3/c1-26(2,32)8-7-14-3-5-20(23(30)24(14)31)33-22(34)13-36-21-6-4-17(28)12-19(21)25(35)15-9-16(27)11-18(29)10-15/h3-6,9-12H,13,32H2,1-2H3,(H,33,34). The van der Waals surface area contributed by atoms with Crippen LogP contribution in [0.15, 0.2) is 53.0 Å². The summed E-state index contributed by atoms with van der Waals surface area (Å²) in [6.45, 7) is 2.88. The molecule has 0 heterocycles. The van der Waals surface area contributed by atoms with E-state index in [9.17, 15) is 14.0 Å². The Kier molecular flexibility index (Phi) is 9.04. The molecule has 0 aliphatic heterocycles. The number of hydrogen-bond donors (Lipinski definition) is 2. The molecule has 10 heteroatoms. The number of halogens is 5. The number of benzene rings is 3.